The molecule has 1 aliphatic heterocycles. The first-order valence-corrected chi connectivity index (χ1v) is 16.9. The number of anilines is 3. The fourth-order valence-corrected chi connectivity index (χ4v) is 6.92. The Bertz CT molecular complexity index is 1990. The van der Waals surface area contributed by atoms with Gasteiger partial charge < -0.3 is 9.64 Å². The van der Waals surface area contributed by atoms with Crippen molar-refractivity contribution in [1.29, 1.82) is 0 Å². The van der Waals surface area contributed by atoms with Crippen molar-refractivity contribution >= 4 is 56.2 Å². The van der Waals surface area contributed by atoms with Gasteiger partial charge in [0.15, 0.2) is 0 Å². The molecule has 1 atom stereocenters. The molecule has 1 aliphatic rings. The molecule has 0 aliphatic carbocycles. The minimum absolute atomic E-state index is 0.0370. The highest BCUT2D eigenvalue weighted by Crippen LogP contribution is 2.44. The molecule has 0 spiro atoms. The maximum absolute atomic E-state index is 14.6. The van der Waals surface area contributed by atoms with E-state index in [1.807, 2.05) is 74.5 Å². The third-order valence-electron chi connectivity index (χ3n) is 7.74. The van der Waals surface area contributed by atoms with E-state index < -0.39 is 16.2 Å². The highest BCUT2D eigenvalue weighted by atomic mass is 35.5. The smallest absolute Gasteiger partial charge is 0.262 e. The van der Waals surface area contributed by atoms with E-state index in [-0.39, 0.29) is 16.4 Å². The maximum atomic E-state index is 14.6. The number of sulfonamides is 1. The van der Waals surface area contributed by atoms with Crippen molar-refractivity contribution in [3.63, 3.8) is 0 Å². The van der Waals surface area contributed by atoms with Crippen molar-refractivity contribution in [1.82, 2.24) is 0 Å². The molecule has 5 aromatic carbocycles. The summed E-state index contributed by atoms with van der Waals surface area (Å²) in [6, 6.07) is 34.2. The van der Waals surface area contributed by atoms with Gasteiger partial charge in [-0.25, -0.2) is 8.42 Å². The average molecular weight is 673 g/mol. The van der Waals surface area contributed by atoms with Crippen LogP contribution in [0.1, 0.15) is 40.1 Å². The highest BCUT2D eigenvalue weighted by Gasteiger charge is 2.40. The summed E-state index contributed by atoms with van der Waals surface area (Å²) in [5, 5.41) is 0.766. The third-order valence-corrected chi connectivity index (χ3v) is 9.86. The van der Waals surface area contributed by atoms with Gasteiger partial charge in [0.25, 0.3) is 15.9 Å². The first-order chi connectivity index (χ1) is 22.1. The van der Waals surface area contributed by atoms with E-state index in [1.165, 1.54) is 12.1 Å². The second-order valence-corrected chi connectivity index (χ2v) is 13.4. The van der Waals surface area contributed by atoms with Gasteiger partial charge in [-0.15, -0.1) is 0 Å². The Hall–Kier alpha value is -4.50. The number of nitrogens with one attached hydrogen (secondary N) is 1. The lowest BCUT2D eigenvalue weighted by atomic mass is 9.99. The van der Waals surface area contributed by atoms with Gasteiger partial charge in [-0.1, -0.05) is 77.3 Å². The minimum Gasteiger partial charge on any atom is -0.494 e. The fraction of sp³-hybridized carbons (Fsp3) is 0.139. The molecule has 0 unspecified atom stereocenters. The Kier molecular flexibility index (Phi) is 8.95. The standard InChI is InChI=1S/C36H31Cl2N3O4S/c1-3-45-29-16-12-27(13-17-29)39-46(43,44)30-18-20-34-31(22-30)36(42)41(28-14-9-24(2)10-15-28)35(26-11-19-32(37)33(38)21-26)40(34)23-25-7-5-4-6-8-25/h4-22,35,39H,3,23H2,1-2H3/t35-/m1/s1. The van der Waals surface area contributed by atoms with Gasteiger partial charge in [0, 0.05) is 17.9 Å². The number of ether oxygens (including phenoxy) is 1. The summed E-state index contributed by atoms with van der Waals surface area (Å²) in [6.07, 6.45) is -0.623. The van der Waals surface area contributed by atoms with Crippen LogP contribution < -0.4 is 19.3 Å². The topological polar surface area (TPSA) is 78.9 Å². The number of carbonyl (C=O) groups is 1. The van der Waals surface area contributed by atoms with Crippen LogP contribution in [-0.2, 0) is 16.6 Å². The normalized spacial score (nSPS) is 14.6. The van der Waals surface area contributed by atoms with E-state index in [1.54, 1.807) is 47.4 Å². The van der Waals surface area contributed by atoms with Gasteiger partial charge in [-0.05, 0) is 91.7 Å². The molecule has 0 saturated heterocycles. The van der Waals surface area contributed by atoms with Crippen LogP contribution in [0.3, 0.4) is 0 Å². The van der Waals surface area contributed by atoms with Crippen LogP contribution in [0.4, 0.5) is 17.1 Å². The monoisotopic (exact) mass is 671 g/mol. The lowest BCUT2D eigenvalue weighted by Crippen LogP contribution is -2.49. The molecule has 1 N–H and O–H groups in total. The molecule has 5 aromatic rings. The molecule has 0 aromatic heterocycles. The van der Waals surface area contributed by atoms with Crippen LogP contribution in [0.5, 0.6) is 5.75 Å². The fourth-order valence-electron chi connectivity index (χ4n) is 5.53. The Balaban J connectivity index is 1.49. The van der Waals surface area contributed by atoms with Crippen LogP contribution in [0.15, 0.2) is 120 Å². The zero-order valence-corrected chi connectivity index (χ0v) is 27.5. The number of fused-ring (bicyclic) bond motifs is 1. The van der Waals surface area contributed by atoms with Crippen molar-refractivity contribution in [2.45, 2.75) is 31.5 Å². The number of rotatable bonds is 9. The molecular formula is C36H31Cl2N3O4S. The first-order valence-electron chi connectivity index (χ1n) is 14.7. The predicted octanol–water partition coefficient (Wildman–Crippen LogP) is 8.87. The van der Waals surface area contributed by atoms with Crippen LogP contribution in [0, 0.1) is 6.92 Å². The lowest BCUT2D eigenvalue weighted by molar-refractivity contribution is 0.0968. The largest absolute Gasteiger partial charge is 0.494 e. The minimum atomic E-state index is -4.05. The molecule has 0 saturated carbocycles. The van der Waals surface area contributed by atoms with Gasteiger partial charge >= 0.3 is 0 Å². The Morgan fingerprint density at radius 1 is 0.826 bits per heavy atom. The highest BCUT2D eigenvalue weighted by molar-refractivity contribution is 7.92. The quantitative estimate of drug-likeness (QED) is 0.169. The Morgan fingerprint density at radius 3 is 2.22 bits per heavy atom. The van der Waals surface area contributed by atoms with E-state index in [0.717, 1.165) is 16.7 Å². The summed E-state index contributed by atoms with van der Waals surface area (Å²) in [5.41, 5.74) is 4.66. The number of hydrogen-bond donors (Lipinski definition) is 1. The molecule has 7 nitrogen and oxygen atoms in total. The third kappa shape index (κ3) is 6.42. The van der Waals surface area contributed by atoms with Gasteiger partial charge in [-0.2, -0.15) is 0 Å². The van der Waals surface area contributed by atoms with E-state index in [4.69, 9.17) is 27.9 Å². The molecule has 0 radical (unpaired) electrons. The number of amides is 1. The average Bonchev–Trinajstić information content (AvgIpc) is 3.05. The zero-order chi connectivity index (χ0) is 32.4. The van der Waals surface area contributed by atoms with Crippen molar-refractivity contribution in [2.24, 2.45) is 0 Å². The number of nitrogens with zero attached hydrogens (tertiary/aromatic N) is 2. The molecule has 0 bridgehead atoms. The van der Waals surface area contributed by atoms with Crippen LogP contribution in [0.25, 0.3) is 0 Å². The summed E-state index contributed by atoms with van der Waals surface area (Å²) in [7, 11) is -4.05. The van der Waals surface area contributed by atoms with Crippen molar-refractivity contribution < 1.29 is 17.9 Å². The summed E-state index contributed by atoms with van der Waals surface area (Å²) in [5.74, 6) is 0.286. The number of aryl methyl sites for hydroxylation is 1. The molecule has 234 valence electrons. The van der Waals surface area contributed by atoms with Crippen molar-refractivity contribution in [2.75, 3.05) is 21.1 Å². The molecule has 6 rings (SSSR count). The number of benzene rings is 5. The number of carbonyl (C=O) groups excluding carboxylic acids is 1. The molecule has 46 heavy (non-hydrogen) atoms. The van der Waals surface area contributed by atoms with Crippen molar-refractivity contribution in [3.05, 3.63) is 148 Å². The molecule has 1 amide bonds. The van der Waals surface area contributed by atoms with Crippen LogP contribution in [-0.4, -0.2) is 20.9 Å². The Labute approximate surface area is 279 Å². The number of halogens is 2. The maximum Gasteiger partial charge on any atom is 0.262 e. The van der Waals surface area contributed by atoms with Crippen LogP contribution >= 0.6 is 23.2 Å². The summed E-state index contributed by atoms with van der Waals surface area (Å²) >= 11 is 12.8. The van der Waals surface area contributed by atoms with E-state index in [0.29, 0.717) is 46.0 Å². The summed E-state index contributed by atoms with van der Waals surface area (Å²) in [4.78, 5) is 18.3. The molecule has 10 heteroatoms. The molecular weight excluding hydrogens is 641 g/mol. The summed E-state index contributed by atoms with van der Waals surface area (Å²) in [6.45, 7) is 4.78. The number of hydrogen-bond acceptors (Lipinski definition) is 5. The van der Waals surface area contributed by atoms with E-state index in [2.05, 4.69) is 9.62 Å². The SMILES string of the molecule is CCOc1ccc(NS(=O)(=O)c2ccc3c(c2)C(=O)N(c2ccc(C)cc2)[C@H](c2ccc(Cl)c(Cl)c2)N3Cc2ccccc2)cc1. The second kappa shape index (κ2) is 13.1. The zero-order valence-electron chi connectivity index (χ0n) is 25.2. The molecule has 0 fully saturated rings. The van der Waals surface area contributed by atoms with Crippen LogP contribution in [0.2, 0.25) is 10.0 Å². The summed E-state index contributed by atoms with van der Waals surface area (Å²) < 4.78 is 35.3. The van der Waals surface area contributed by atoms with Gasteiger partial charge in [0.05, 0.1) is 32.8 Å². The van der Waals surface area contributed by atoms with Gasteiger partial charge in [0.1, 0.15) is 11.9 Å². The Morgan fingerprint density at radius 2 is 1.54 bits per heavy atom. The van der Waals surface area contributed by atoms with E-state index >= 15 is 0 Å². The first kappa shape index (κ1) is 31.5. The lowest BCUT2D eigenvalue weighted by Gasteiger charge is -2.46. The van der Waals surface area contributed by atoms with Gasteiger partial charge in [-0.3, -0.25) is 14.4 Å². The van der Waals surface area contributed by atoms with Gasteiger partial charge in [0.2, 0.25) is 0 Å². The van der Waals surface area contributed by atoms with E-state index in [9.17, 15) is 13.2 Å². The molecule has 1 heterocycles. The second-order valence-electron chi connectivity index (χ2n) is 10.9. The van der Waals surface area contributed by atoms with Crippen molar-refractivity contribution in [3.8, 4) is 5.75 Å². The predicted molar refractivity (Wildman–Crippen MR) is 185 cm³/mol.